The van der Waals surface area contributed by atoms with Gasteiger partial charge in [-0.1, -0.05) is 0 Å². The van der Waals surface area contributed by atoms with E-state index in [1.165, 1.54) is 0 Å². The fourth-order valence-corrected chi connectivity index (χ4v) is 0.659. The first kappa shape index (κ1) is 14.5. The summed E-state index contributed by atoms with van der Waals surface area (Å²) in [5.74, 6) is 0.806. The second-order valence-electron chi connectivity index (χ2n) is 2.92. The molecule has 62 valence electrons. The van der Waals surface area contributed by atoms with E-state index in [1.54, 1.807) is 12.4 Å². The zero-order valence-corrected chi connectivity index (χ0v) is 8.72. The molecule has 0 fully saturated rings. The molecule has 11 heteroatoms. The van der Waals surface area contributed by atoms with Crippen LogP contribution in [0.4, 0.5) is 5.95 Å². The molecule has 0 atom stereocenters. The van der Waals surface area contributed by atoms with Crippen molar-refractivity contribution in [3.63, 3.8) is 0 Å². The average molecular weight is 184 g/mol. The number of aromatic amines is 1. The van der Waals surface area contributed by atoms with Gasteiger partial charge in [0, 0.05) is 77.3 Å². The van der Waals surface area contributed by atoms with Crippen LogP contribution in [0.25, 0.3) is 0 Å². The maximum Gasteiger partial charge on any atom is 0.199 e. The lowest BCUT2D eigenvalue weighted by atomic mass is 8.68. The van der Waals surface area contributed by atoms with Crippen LogP contribution < -0.4 is 5.32 Å². The molecule has 1 aromatic rings. The molecule has 0 saturated carbocycles. The van der Waals surface area contributed by atoms with E-state index in [9.17, 15) is 0 Å². The molecule has 0 aliphatic heterocycles. The van der Waals surface area contributed by atoms with E-state index in [0.717, 1.165) is 5.95 Å². The van der Waals surface area contributed by atoms with Crippen molar-refractivity contribution in [2.75, 3.05) is 12.4 Å². The average Bonchev–Trinajstić information content (AvgIpc) is 2.69. The fourth-order valence-electron chi connectivity index (χ4n) is 0.659. The number of hydrogen-bond donors (Lipinski definition) is 2. The molecule has 3 nitrogen and oxygen atoms in total. The van der Waals surface area contributed by atoms with Crippen molar-refractivity contribution >= 4 is 63.8 Å². The highest BCUT2D eigenvalue weighted by molar-refractivity contribution is 7.89. The Morgan fingerprint density at radius 3 is 1.87 bits per heavy atom. The molecule has 1 rings (SSSR count). The molecule has 10 radical (unpaired) electrons. The van der Waals surface area contributed by atoms with Gasteiger partial charge in [-0.15, -0.1) is 0 Å². The highest BCUT2D eigenvalue weighted by Gasteiger charge is 2.14. The van der Waals surface area contributed by atoms with Crippen LogP contribution in [-0.4, -0.2) is 74.9 Å². The molecule has 0 aliphatic rings. The normalized spacial score (nSPS) is 8.33. The minimum Gasteiger partial charge on any atom is -0.359 e. The zero-order chi connectivity index (χ0) is 11.8. The summed E-state index contributed by atoms with van der Waals surface area (Å²) in [5.41, 5.74) is 0. The van der Waals surface area contributed by atoms with Gasteiger partial charge in [0.2, 0.25) is 0 Å². The van der Waals surface area contributed by atoms with Gasteiger partial charge in [0.1, 0.15) is 0 Å². The molecular weight excluding hydrogens is 177 g/mol. The molecule has 15 heavy (non-hydrogen) atoms. The van der Waals surface area contributed by atoms with E-state index in [0.29, 0.717) is 0 Å². The maximum absolute atomic E-state index is 5.26. The van der Waals surface area contributed by atoms with Crippen LogP contribution in [-0.2, 0) is 0 Å². The summed E-state index contributed by atoms with van der Waals surface area (Å²) >= 11 is 0. The van der Waals surface area contributed by atoms with Gasteiger partial charge in [-0.2, -0.15) is 0 Å². The predicted octanol–water partition coefficient (Wildman–Crippen LogP) is -2.59. The summed E-state index contributed by atoms with van der Waals surface area (Å²) in [6, 6.07) is 0. The Labute approximate surface area is 98.9 Å². The van der Waals surface area contributed by atoms with Crippen LogP contribution in [0.15, 0.2) is 12.4 Å². The summed E-state index contributed by atoms with van der Waals surface area (Å²) in [5, 5.41) is 2.84. The quantitative estimate of drug-likeness (QED) is 0.505. The predicted molar refractivity (Wildman–Crippen MR) is 74.2 cm³/mol. The first-order chi connectivity index (χ1) is 6.99. The number of imidazole rings is 1. The third-order valence-electron chi connectivity index (χ3n) is 1.62. The zero-order valence-electron chi connectivity index (χ0n) is 8.72. The number of nitrogens with zero attached hydrogens (tertiary/aromatic N) is 1. The van der Waals surface area contributed by atoms with Crippen LogP contribution in [0.1, 0.15) is 0 Å². The summed E-state index contributed by atoms with van der Waals surface area (Å²) in [4.78, 5) is 6.73. The van der Waals surface area contributed by atoms with Crippen molar-refractivity contribution in [2.24, 2.45) is 0 Å². The molecular formula is C4H7B8N3. The van der Waals surface area contributed by atoms with Crippen LogP contribution in [0.2, 0.25) is 0 Å². The Kier molecular flexibility index (Phi) is 7.53. The van der Waals surface area contributed by atoms with Crippen molar-refractivity contribution in [3.05, 3.63) is 12.4 Å². The maximum atomic E-state index is 5.26. The second kappa shape index (κ2) is 7.77. The Hall–Kier alpha value is -0.471. The van der Waals surface area contributed by atoms with E-state index in [1.807, 2.05) is 7.05 Å². The molecule has 0 bridgehead atoms. The van der Waals surface area contributed by atoms with Crippen molar-refractivity contribution in [2.45, 2.75) is 0 Å². The van der Waals surface area contributed by atoms with Crippen LogP contribution >= 0.6 is 0 Å². The SMILES string of the molecule is CNc1ncc[nH]1.[B]B([B])B([B])B([B])[B]. The molecule has 0 unspecified atom stereocenters. The Morgan fingerprint density at radius 1 is 1.20 bits per heavy atom. The van der Waals surface area contributed by atoms with Gasteiger partial charge in [-0.25, -0.2) is 4.98 Å². The van der Waals surface area contributed by atoms with E-state index in [-0.39, 0.29) is 0 Å². The van der Waals surface area contributed by atoms with Gasteiger partial charge >= 0.3 is 0 Å². The van der Waals surface area contributed by atoms with Crippen molar-refractivity contribution in [3.8, 4) is 0 Å². The van der Waals surface area contributed by atoms with Crippen molar-refractivity contribution < 1.29 is 0 Å². The summed E-state index contributed by atoms with van der Waals surface area (Å²) < 4.78 is 0. The topological polar surface area (TPSA) is 40.7 Å². The lowest BCUT2D eigenvalue weighted by Gasteiger charge is -2.13. The third-order valence-corrected chi connectivity index (χ3v) is 1.62. The van der Waals surface area contributed by atoms with Gasteiger partial charge < -0.3 is 10.3 Å². The summed E-state index contributed by atoms with van der Waals surface area (Å²) in [7, 11) is 27.6. The highest BCUT2D eigenvalue weighted by atomic mass is 15.1. The minimum absolute atomic E-state index is 0.519. The lowest BCUT2D eigenvalue weighted by Crippen LogP contribution is -2.52. The third kappa shape index (κ3) is 6.58. The van der Waals surface area contributed by atoms with Crippen LogP contribution in [0, 0.1) is 0 Å². The largest absolute Gasteiger partial charge is 0.359 e. The molecule has 0 amide bonds. The van der Waals surface area contributed by atoms with Crippen LogP contribution in [0.3, 0.4) is 0 Å². The lowest BCUT2D eigenvalue weighted by molar-refractivity contribution is 1.26. The van der Waals surface area contributed by atoms with E-state index in [4.69, 9.17) is 38.7 Å². The van der Waals surface area contributed by atoms with Gasteiger partial charge in [0.05, 0.1) is 0 Å². The number of aromatic nitrogens is 2. The Bertz CT molecular complexity index is 230. The minimum atomic E-state index is -0.630. The molecule has 0 aliphatic carbocycles. The van der Waals surface area contributed by atoms with Crippen LogP contribution in [0.5, 0.6) is 0 Å². The molecule has 1 aromatic heterocycles. The highest BCUT2D eigenvalue weighted by Crippen LogP contribution is 1.89. The summed E-state index contributed by atoms with van der Waals surface area (Å²) in [6.45, 7) is 0. The fraction of sp³-hybridized carbons (Fsp3) is 0.250. The van der Waals surface area contributed by atoms with Gasteiger partial charge in [0.15, 0.2) is 5.95 Å². The van der Waals surface area contributed by atoms with Crippen molar-refractivity contribution in [1.82, 2.24) is 9.97 Å². The van der Waals surface area contributed by atoms with Gasteiger partial charge in [-0.3, -0.25) is 0 Å². The molecule has 0 spiro atoms. The first-order valence-corrected chi connectivity index (χ1v) is 4.44. The van der Waals surface area contributed by atoms with Gasteiger partial charge in [0.25, 0.3) is 0 Å². The molecule has 1 heterocycles. The van der Waals surface area contributed by atoms with Gasteiger partial charge in [-0.05, 0) is 0 Å². The molecule has 0 aromatic carbocycles. The smallest absolute Gasteiger partial charge is 0.199 e. The standard InChI is InChI=1S/C4H7N3.B8/c1-5-4-6-2-3-7-4;1-6(2)8(5)7(3)4/h2-3H,1H3,(H2,5,6,7);. The van der Waals surface area contributed by atoms with E-state index < -0.39 is 19.2 Å². The summed E-state index contributed by atoms with van der Waals surface area (Å²) in [6.07, 6.45) is 1.69. The Morgan fingerprint density at radius 2 is 1.73 bits per heavy atom. The molecule has 0 saturated heterocycles. The second-order valence-corrected chi connectivity index (χ2v) is 2.92. The number of H-pyrrole nitrogens is 1. The Balaban J connectivity index is 0.000000262. The van der Waals surface area contributed by atoms with E-state index >= 15 is 0 Å². The van der Waals surface area contributed by atoms with Crippen molar-refractivity contribution in [1.29, 1.82) is 0 Å². The first-order valence-electron chi connectivity index (χ1n) is 4.44. The number of anilines is 1. The number of hydrogen-bond acceptors (Lipinski definition) is 2. The van der Waals surface area contributed by atoms with E-state index in [2.05, 4.69) is 15.3 Å². The number of nitrogens with one attached hydrogen (secondary N) is 2. The monoisotopic (exact) mass is 185 g/mol. The molecule has 2 N–H and O–H groups in total. The number of rotatable bonds is 3.